The third-order valence-corrected chi connectivity index (χ3v) is 6.89. The molecule has 2 aromatic rings. The van der Waals surface area contributed by atoms with Crippen molar-refractivity contribution in [1.82, 2.24) is 15.3 Å². The zero-order chi connectivity index (χ0) is 24.8. The molecule has 35 heavy (non-hydrogen) atoms. The zero-order valence-corrected chi connectivity index (χ0v) is 20.8. The largest absolute Gasteiger partial charge is 0.493 e. The van der Waals surface area contributed by atoms with Gasteiger partial charge in [0.2, 0.25) is 0 Å². The predicted molar refractivity (Wildman–Crippen MR) is 138 cm³/mol. The van der Waals surface area contributed by atoms with Crippen LogP contribution in [-0.2, 0) is 9.59 Å². The van der Waals surface area contributed by atoms with E-state index >= 15 is 0 Å². The Bertz CT molecular complexity index is 1160. The quantitative estimate of drug-likeness (QED) is 0.449. The van der Waals surface area contributed by atoms with Crippen molar-refractivity contribution < 1.29 is 23.9 Å². The first-order valence-electron chi connectivity index (χ1n) is 11.2. The van der Waals surface area contributed by atoms with E-state index in [9.17, 15) is 14.4 Å². The number of nitrogens with zero attached hydrogens (tertiary/aromatic N) is 2. The van der Waals surface area contributed by atoms with Gasteiger partial charge in [-0.25, -0.2) is 0 Å². The lowest BCUT2D eigenvalue weighted by atomic mass is 10.1. The average Bonchev–Trinajstić information content (AvgIpc) is 3.15. The number of likely N-dealkylation sites (tertiary alicyclic amines) is 1. The van der Waals surface area contributed by atoms with E-state index in [4.69, 9.17) is 21.7 Å². The van der Waals surface area contributed by atoms with Gasteiger partial charge in [0, 0.05) is 18.7 Å². The van der Waals surface area contributed by atoms with Crippen molar-refractivity contribution in [2.24, 2.45) is 0 Å². The number of thioether (sulfide) groups is 1. The van der Waals surface area contributed by atoms with Gasteiger partial charge in [-0.2, -0.15) is 5.01 Å². The molecule has 2 heterocycles. The molecule has 0 bridgehead atoms. The van der Waals surface area contributed by atoms with Gasteiger partial charge in [0.25, 0.3) is 17.7 Å². The third-order valence-electron chi connectivity index (χ3n) is 5.59. The Hall–Kier alpha value is -3.37. The highest BCUT2D eigenvalue weighted by molar-refractivity contribution is 8.26. The van der Waals surface area contributed by atoms with E-state index in [1.165, 1.54) is 7.11 Å². The second-order valence-electron chi connectivity index (χ2n) is 7.96. The lowest BCUT2D eigenvalue weighted by Crippen LogP contribution is -2.44. The topological polar surface area (TPSA) is 88.2 Å². The van der Waals surface area contributed by atoms with E-state index in [2.05, 4.69) is 5.43 Å². The van der Waals surface area contributed by atoms with Gasteiger partial charge in [0.15, 0.2) is 22.4 Å². The molecule has 0 saturated carbocycles. The van der Waals surface area contributed by atoms with Crippen molar-refractivity contribution in [2.45, 2.75) is 19.3 Å². The number of carbonyl (C=O) groups excluding carboxylic acids is 3. The number of amides is 3. The second-order valence-corrected chi connectivity index (χ2v) is 9.64. The van der Waals surface area contributed by atoms with E-state index in [1.807, 2.05) is 4.90 Å². The van der Waals surface area contributed by atoms with Crippen LogP contribution in [0.4, 0.5) is 0 Å². The summed E-state index contributed by atoms with van der Waals surface area (Å²) in [6.07, 6.45) is 4.86. The normalized spacial score (nSPS) is 17.0. The fourth-order valence-electron chi connectivity index (χ4n) is 3.74. The molecule has 0 spiro atoms. The highest BCUT2D eigenvalue weighted by atomic mass is 32.2. The van der Waals surface area contributed by atoms with E-state index < -0.39 is 11.8 Å². The van der Waals surface area contributed by atoms with Gasteiger partial charge in [0.1, 0.15) is 0 Å². The van der Waals surface area contributed by atoms with E-state index in [0.717, 1.165) is 49.1 Å². The molecule has 4 rings (SSSR count). The number of ether oxygens (including phenoxy) is 2. The molecule has 2 aliphatic heterocycles. The van der Waals surface area contributed by atoms with Crippen LogP contribution in [0.3, 0.4) is 0 Å². The molecule has 0 radical (unpaired) electrons. The van der Waals surface area contributed by atoms with Crippen LogP contribution < -0.4 is 14.9 Å². The summed E-state index contributed by atoms with van der Waals surface area (Å²) in [6.45, 7) is 1.47. The number of hydrazine groups is 1. The number of nitrogens with one attached hydrogen (secondary N) is 1. The van der Waals surface area contributed by atoms with Crippen LogP contribution in [0.25, 0.3) is 6.08 Å². The van der Waals surface area contributed by atoms with Crippen LogP contribution in [0, 0.1) is 0 Å². The summed E-state index contributed by atoms with van der Waals surface area (Å²) < 4.78 is 11.4. The fourth-order valence-corrected chi connectivity index (χ4v) is 4.92. The van der Waals surface area contributed by atoms with Gasteiger partial charge in [-0.3, -0.25) is 19.8 Å². The van der Waals surface area contributed by atoms with Crippen molar-refractivity contribution >= 4 is 52.1 Å². The minimum Gasteiger partial charge on any atom is -0.493 e. The van der Waals surface area contributed by atoms with Crippen molar-refractivity contribution in [3.8, 4) is 11.5 Å². The Morgan fingerprint density at radius 3 is 2.54 bits per heavy atom. The fraction of sp³-hybridized carbons (Fsp3) is 0.280. The first-order chi connectivity index (χ1) is 17.0. The lowest BCUT2D eigenvalue weighted by molar-refractivity contribution is -0.134. The highest BCUT2D eigenvalue weighted by Gasteiger charge is 2.33. The minimum atomic E-state index is -0.426. The molecule has 2 aromatic carbocycles. The molecular formula is C25H25N3O5S2. The van der Waals surface area contributed by atoms with Gasteiger partial charge in [0.05, 0.1) is 12.0 Å². The Balaban J connectivity index is 1.42. The van der Waals surface area contributed by atoms with Crippen LogP contribution >= 0.6 is 24.0 Å². The van der Waals surface area contributed by atoms with Crippen LogP contribution in [-0.4, -0.2) is 58.8 Å². The summed E-state index contributed by atoms with van der Waals surface area (Å²) in [5, 5.41) is 1.07. The smallest absolute Gasteiger partial charge is 0.285 e. The molecule has 1 N–H and O–H groups in total. The molecule has 0 unspecified atom stereocenters. The third kappa shape index (κ3) is 6.01. The molecule has 0 atom stereocenters. The maximum atomic E-state index is 12.9. The van der Waals surface area contributed by atoms with Gasteiger partial charge in [-0.1, -0.05) is 36.0 Å². The average molecular weight is 512 g/mol. The van der Waals surface area contributed by atoms with Crippen LogP contribution in [0.15, 0.2) is 53.4 Å². The number of rotatable bonds is 7. The summed E-state index contributed by atoms with van der Waals surface area (Å²) in [6, 6.07) is 13.8. The molecule has 8 nitrogen and oxygen atoms in total. The van der Waals surface area contributed by atoms with E-state index in [0.29, 0.717) is 27.5 Å². The van der Waals surface area contributed by atoms with Crippen molar-refractivity contribution in [3.63, 3.8) is 0 Å². The molecule has 10 heteroatoms. The Morgan fingerprint density at radius 2 is 1.83 bits per heavy atom. The molecule has 2 aliphatic rings. The number of hydrogen-bond acceptors (Lipinski definition) is 7. The number of thiocarbonyl (C=S) groups is 1. The van der Waals surface area contributed by atoms with E-state index in [-0.39, 0.29) is 16.8 Å². The molecule has 2 fully saturated rings. The van der Waals surface area contributed by atoms with Crippen LogP contribution in [0.1, 0.15) is 35.2 Å². The lowest BCUT2D eigenvalue weighted by Gasteiger charge is -2.26. The molecule has 2 saturated heterocycles. The number of carbonyl (C=O) groups is 3. The monoisotopic (exact) mass is 511 g/mol. The van der Waals surface area contributed by atoms with E-state index in [1.54, 1.807) is 54.6 Å². The highest BCUT2D eigenvalue weighted by Crippen LogP contribution is 2.34. The molecule has 182 valence electrons. The maximum absolute atomic E-state index is 12.9. The Morgan fingerprint density at radius 1 is 1.09 bits per heavy atom. The summed E-state index contributed by atoms with van der Waals surface area (Å²) in [4.78, 5) is 39.9. The molecule has 3 amide bonds. The zero-order valence-electron chi connectivity index (χ0n) is 19.2. The maximum Gasteiger partial charge on any atom is 0.285 e. The number of hydrogen-bond donors (Lipinski definition) is 1. The first-order valence-corrected chi connectivity index (χ1v) is 12.4. The Labute approximate surface area is 213 Å². The number of piperidine rings is 1. The number of benzene rings is 2. The Kier molecular flexibility index (Phi) is 8.04. The summed E-state index contributed by atoms with van der Waals surface area (Å²) in [7, 11) is 1.51. The van der Waals surface area contributed by atoms with Crippen molar-refractivity contribution in [3.05, 3.63) is 64.6 Å². The van der Waals surface area contributed by atoms with Crippen molar-refractivity contribution in [1.29, 1.82) is 0 Å². The van der Waals surface area contributed by atoms with Gasteiger partial charge < -0.3 is 14.4 Å². The minimum absolute atomic E-state index is 0.0444. The summed E-state index contributed by atoms with van der Waals surface area (Å²) >= 11 is 6.39. The van der Waals surface area contributed by atoms with Gasteiger partial charge >= 0.3 is 0 Å². The molecule has 0 aliphatic carbocycles. The first kappa shape index (κ1) is 24.7. The second kappa shape index (κ2) is 11.4. The van der Waals surface area contributed by atoms with Crippen molar-refractivity contribution in [2.75, 3.05) is 26.8 Å². The standard InChI is InChI=1S/C25H25N3O5S2/c1-32-20-14-17(10-11-19(20)33-16-22(29)27-12-6-3-7-13-27)15-21-24(31)28(25(34)35-21)26-23(30)18-8-4-2-5-9-18/h2,4-5,8-11,14-15H,3,6-7,12-13,16H2,1H3,(H,26,30)/b21-15+. The summed E-state index contributed by atoms with van der Waals surface area (Å²) in [5.41, 5.74) is 3.67. The summed E-state index contributed by atoms with van der Waals surface area (Å²) in [5.74, 6) is -0.00564. The molecular weight excluding hydrogens is 486 g/mol. The molecule has 0 aromatic heterocycles. The van der Waals surface area contributed by atoms with Crippen LogP contribution in [0.2, 0.25) is 0 Å². The van der Waals surface area contributed by atoms with Crippen LogP contribution in [0.5, 0.6) is 11.5 Å². The number of methoxy groups -OCH3 is 1. The SMILES string of the molecule is COc1cc(/C=C2/SC(=S)N(NC(=O)c3ccccc3)C2=O)ccc1OCC(=O)N1CCCCC1. The predicted octanol–water partition coefficient (Wildman–Crippen LogP) is 3.63. The van der Waals surface area contributed by atoms with Gasteiger partial charge in [-0.15, -0.1) is 0 Å². The van der Waals surface area contributed by atoms with Gasteiger partial charge in [-0.05, 0) is 67.4 Å².